The van der Waals surface area contributed by atoms with Crippen LogP contribution in [-0.2, 0) is 4.79 Å². The predicted molar refractivity (Wildman–Crippen MR) is 86.8 cm³/mol. The third-order valence-electron chi connectivity index (χ3n) is 4.51. The number of aliphatic hydroxyl groups is 1. The Kier molecular flexibility index (Phi) is 5.62. The zero-order chi connectivity index (χ0) is 16.3. The van der Waals surface area contributed by atoms with Gasteiger partial charge in [-0.2, -0.15) is 0 Å². The minimum absolute atomic E-state index is 0.0538. The highest BCUT2D eigenvalue weighted by atomic mass is 16.3. The first-order valence-corrected chi connectivity index (χ1v) is 8.36. The lowest BCUT2D eigenvalue weighted by atomic mass is 9.95. The van der Waals surface area contributed by atoms with Crippen LogP contribution in [0.5, 0.6) is 0 Å². The smallest absolute Gasteiger partial charge is 0.222 e. The lowest BCUT2D eigenvalue weighted by Gasteiger charge is -2.33. The first-order chi connectivity index (χ1) is 10.4. The van der Waals surface area contributed by atoms with Crippen molar-refractivity contribution in [3.8, 4) is 0 Å². The molecule has 1 aromatic rings. The molecular weight excluding hydrogens is 278 g/mol. The van der Waals surface area contributed by atoms with E-state index < -0.39 is 0 Å². The van der Waals surface area contributed by atoms with Crippen molar-refractivity contribution in [2.24, 2.45) is 5.92 Å². The van der Waals surface area contributed by atoms with E-state index in [1.807, 2.05) is 24.9 Å². The highest BCUT2D eigenvalue weighted by molar-refractivity contribution is 5.76. The maximum absolute atomic E-state index is 12.1. The second kappa shape index (κ2) is 7.27. The summed E-state index contributed by atoms with van der Waals surface area (Å²) in [5.41, 5.74) is 1.09. The molecule has 1 amide bonds. The van der Waals surface area contributed by atoms with E-state index in [0.717, 1.165) is 37.4 Å². The molecule has 124 valence electrons. The molecule has 5 heteroatoms. The van der Waals surface area contributed by atoms with Gasteiger partial charge in [0.2, 0.25) is 5.91 Å². The van der Waals surface area contributed by atoms with Crippen LogP contribution in [0.1, 0.15) is 63.5 Å². The van der Waals surface area contributed by atoms with Gasteiger partial charge in [0, 0.05) is 37.3 Å². The molecule has 2 rings (SSSR count). The first-order valence-electron chi connectivity index (χ1n) is 8.36. The highest BCUT2D eigenvalue weighted by Gasteiger charge is 2.28. The molecule has 1 N–H and O–H groups in total. The van der Waals surface area contributed by atoms with E-state index in [0.29, 0.717) is 18.3 Å². The fourth-order valence-corrected chi connectivity index (χ4v) is 3.29. The van der Waals surface area contributed by atoms with Gasteiger partial charge in [-0.25, -0.2) is 4.98 Å². The minimum atomic E-state index is 0.0538. The van der Waals surface area contributed by atoms with Gasteiger partial charge in [0.1, 0.15) is 5.82 Å². The Balaban J connectivity index is 2.02. The van der Waals surface area contributed by atoms with Crippen LogP contribution in [0.3, 0.4) is 0 Å². The van der Waals surface area contributed by atoms with Crippen molar-refractivity contribution < 1.29 is 9.90 Å². The van der Waals surface area contributed by atoms with Crippen LogP contribution in [0.25, 0.3) is 0 Å². The van der Waals surface area contributed by atoms with Crippen LogP contribution >= 0.6 is 0 Å². The lowest BCUT2D eigenvalue weighted by Crippen LogP contribution is -2.39. The molecule has 0 radical (unpaired) electrons. The molecule has 1 aromatic heterocycles. The van der Waals surface area contributed by atoms with Gasteiger partial charge in [-0.15, -0.1) is 0 Å². The van der Waals surface area contributed by atoms with Crippen LogP contribution in [0.4, 0.5) is 0 Å². The quantitative estimate of drug-likeness (QED) is 0.909. The van der Waals surface area contributed by atoms with E-state index >= 15 is 0 Å². The van der Waals surface area contributed by atoms with Gasteiger partial charge in [-0.3, -0.25) is 4.79 Å². The number of aliphatic hydroxyl groups excluding tert-OH is 1. The monoisotopic (exact) mass is 307 g/mol. The molecule has 0 saturated carbocycles. The molecule has 5 nitrogen and oxygen atoms in total. The fraction of sp³-hybridized carbons (Fsp3) is 0.765. The molecule has 0 spiro atoms. The molecule has 1 fully saturated rings. The number of hydrogen-bond acceptors (Lipinski definition) is 3. The molecule has 0 bridgehead atoms. The molecule has 1 aliphatic rings. The summed E-state index contributed by atoms with van der Waals surface area (Å²) in [6.07, 6.45) is 4.44. The number of rotatable bonds is 5. The van der Waals surface area contributed by atoms with Gasteiger partial charge in [-0.1, -0.05) is 13.8 Å². The molecule has 1 saturated heterocycles. The third-order valence-corrected chi connectivity index (χ3v) is 4.51. The number of piperidine rings is 1. The summed E-state index contributed by atoms with van der Waals surface area (Å²) in [6.45, 7) is 9.96. The van der Waals surface area contributed by atoms with Crippen molar-refractivity contribution in [2.45, 2.75) is 58.9 Å². The SMILES string of the molecule is Cc1cnc(C2CCN(C(=O)CC(C)C)CC2)n1[C@H](C)CO. The Morgan fingerprint density at radius 2 is 2.00 bits per heavy atom. The topological polar surface area (TPSA) is 58.4 Å². The van der Waals surface area contributed by atoms with Crippen molar-refractivity contribution in [2.75, 3.05) is 19.7 Å². The van der Waals surface area contributed by atoms with Crippen molar-refractivity contribution in [3.05, 3.63) is 17.7 Å². The summed E-state index contributed by atoms with van der Waals surface area (Å²) in [5.74, 6) is 2.13. The van der Waals surface area contributed by atoms with E-state index in [1.54, 1.807) is 0 Å². The number of carbonyl (C=O) groups excluding carboxylic acids is 1. The first kappa shape index (κ1) is 17.0. The van der Waals surface area contributed by atoms with Gasteiger partial charge in [-0.05, 0) is 32.6 Å². The molecule has 0 aromatic carbocycles. The number of aryl methyl sites for hydroxylation is 1. The molecular formula is C17H29N3O2. The van der Waals surface area contributed by atoms with Gasteiger partial charge >= 0.3 is 0 Å². The summed E-state index contributed by atoms with van der Waals surface area (Å²) in [7, 11) is 0. The van der Waals surface area contributed by atoms with Crippen molar-refractivity contribution >= 4 is 5.91 Å². The Morgan fingerprint density at radius 1 is 1.36 bits per heavy atom. The fourth-order valence-electron chi connectivity index (χ4n) is 3.29. The number of imidazole rings is 1. The molecule has 1 atom stereocenters. The van der Waals surface area contributed by atoms with Crippen LogP contribution in [-0.4, -0.2) is 45.2 Å². The second-order valence-electron chi connectivity index (χ2n) is 6.91. The number of amides is 1. The normalized spacial score (nSPS) is 18.0. The Morgan fingerprint density at radius 3 is 2.55 bits per heavy atom. The summed E-state index contributed by atoms with van der Waals surface area (Å²) in [5, 5.41) is 9.45. The number of hydrogen-bond donors (Lipinski definition) is 1. The maximum atomic E-state index is 12.1. The number of carbonyl (C=O) groups is 1. The van der Waals surface area contributed by atoms with Gasteiger partial charge in [0.25, 0.3) is 0 Å². The zero-order valence-corrected chi connectivity index (χ0v) is 14.2. The maximum Gasteiger partial charge on any atom is 0.222 e. The van der Waals surface area contributed by atoms with Crippen LogP contribution in [0, 0.1) is 12.8 Å². The Bertz CT molecular complexity index is 502. The summed E-state index contributed by atoms with van der Waals surface area (Å²) in [4.78, 5) is 18.7. The van der Waals surface area contributed by atoms with Gasteiger partial charge < -0.3 is 14.6 Å². The Hall–Kier alpha value is -1.36. The van der Waals surface area contributed by atoms with Gasteiger partial charge in [0.05, 0.1) is 12.6 Å². The molecule has 22 heavy (non-hydrogen) atoms. The van der Waals surface area contributed by atoms with Crippen LogP contribution in [0.2, 0.25) is 0 Å². The van der Waals surface area contributed by atoms with Crippen molar-refractivity contribution in [1.29, 1.82) is 0 Å². The van der Waals surface area contributed by atoms with E-state index in [-0.39, 0.29) is 18.6 Å². The molecule has 0 aliphatic carbocycles. The third kappa shape index (κ3) is 3.69. The highest BCUT2D eigenvalue weighted by Crippen LogP contribution is 2.30. The van der Waals surface area contributed by atoms with E-state index in [9.17, 15) is 9.90 Å². The average molecular weight is 307 g/mol. The summed E-state index contributed by atoms with van der Waals surface area (Å²) >= 11 is 0. The van der Waals surface area contributed by atoms with Crippen molar-refractivity contribution in [1.82, 2.24) is 14.5 Å². The van der Waals surface area contributed by atoms with Crippen LogP contribution in [0.15, 0.2) is 6.20 Å². The summed E-state index contributed by atoms with van der Waals surface area (Å²) in [6, 6.07) is 0.0538. The average Bonchev–Trinajstić information content (AvgIpc) is 2.87. The molecule has 0 unspecified atom stereocenters. The molecule has 1 aliphatic heterocycles. The summed E-state index contributed by atoms with van der Waals surface area (Å²) < 4.78 is 2.15. The van der Waals surface area contributed by atoms with E-state index in [1.165, 1.54) is 0 Å². The van der Waals surface area contributed by atoms with Crippen molar-refractivity contribution in [3.63, 3.8) is 0 Å². The second-order valence-corrected chi connectivity index (χ2v) is 6.91. The standard InChI is InChI=1S/C17H29N3O2/c1-12(2)9-16(22)19-7-5-15(6-8-19)17-18-10-13(3)20(17)14(4)11-21/h10,12,14-15,21H,5-9,11H2,1-4H3/t14-/m1/s1. The number of likely N-dealkylation sites (tertiary alicyclic amines) is 1. The zero-order valence-electron chi connectivity index (χ0n) is 14.2. The van der Waals surface area contributed by atoms with Crippen LogP contribution < -0.4 is 0 Å². The predicted octanol–water partition coefficient (Wildman–Crippen LogP) is 2.50. The minimum Gasteiger partial charge on any atom is -0.394 e. The molecule has 2 heterocycles. The number of aromatic nitrogens is 2. The lowest BCUT2D eigenvalue weighted by molar-refractivity contribution is -0.133. The Labute approximate surface area is 133 Å². The number of nitrogens with zero attached hydrogens (tertiary/aromatic N) is 3. The van der Waals surface area contributed by atoms with Gasteiger partial charge in [0.15, 0.2) is 0 Å². The van der Waals surface area contributed by atoms with E-state index in [4.69, 9.17) is 0 Å². The van der Waals surface area contributed by atoms with E-state index in [2.05, 4.69) is 23.4 Å². The largest absolute Gasteiger partial charge is 0.394 e.